The number of carbonyl (C=O) groups is 1. The Morgan fingerprint density at radius 1 is 1.24 bits per heavy atom. The van der Waals surface area contributed by atoms with E-state index in [1.807, 2.05) is 24.0 Å². The maximum absolute atomic E-state index is 12.8. The number of aryl methyl sites for hydroxylation is 2. The molecular weight excluding hydrogens is 314 g/mol. The van der Waals surface area contributed by atoms with E-state index < -0.39 is 0 Å². The molecule has 2 aromatic heterocycles. The van der Waals surface area contributed by atoms with E-state index in [0.717, 1.165) is 36.6 Å². The van der Waals surface area contributed by atoms with Crippen LogP contribution < -0.4 is 5.32 Å². The number of nitrogens with zero attached hydrogens (tertiary/aromatic N) is 4. The number of likely N-dealkylation sites (tertiary alicyclic amines) is 1. The highest BCUT2D eigenvalue weighted by Gasteiger charge is 2.27. The lowest BCUT2D eigenvalue weighted by atomic mass is 10.0. The van der Waals surface area contributed by atoms with Gasteiger partial charge in [-0.15, -0.1) is 0 Å². The van der Waals surface area contributed by atoms with Gasteiger partial charge in [0.25, 0.3) is 5.91 Å². The summed E-state index contributed by atoms with van der Waals surface area (Å²) in [7, 11) is 0. The van der Waals surface area contributed by atoms with Gasteiger partial charge < -0.3 is 10.2 Å². The predicted octanol–water partition coefficient (Wildman–Crippen LogP) is 2.95. The number of carbonyl (C=O) groups excluding carboxylic acids is 1. The summed E-state index contributed by atoms with van der Waals surface area (Å²) in [6.45, 7) is 5.61. The van der Waals surface area contributed by atoms with Crippen molar-refractivity contribution in [2.24, 2.45) is 0 Å². The molecule has 0 spiro atoms. The molecule has 6 nitrogen and oxygen atoms in total. The Hall–Kier alpha value is -2.37. The van der Waals surface area contributed by atoms with E-state index in [2.05, 4.69) is 33.1 Å². The summed E-state index contributed by atoms with van der Waals surface area (Å²) >= 11 is 0. The van der Waals surface area contributed by atoms with Crippen molar-refractivity contribution in [2.45, 2.75) is 51.6 Å². The zero-order valence-corrected chi connectivity index (χ0v) is 14.9. The highest BCUT2D eigenvalue weighted by molar-refractivity contribution is 5.94. The van der Waals surface area contributed by atoms with E-state index >= 15 is 0 Å². The Balaban J connectivity index is 1.44. The van der Waals surface area contributed by atoms with Crippen LogP contribution in [0.15, 0.2) is 24.4 Å². The molecule has 0 radical (unpaired) electrons. The second-order valence-corrected chi connectivity index (χ2v) is 7.27. The van der Waals surface area contributed by atoms with Crippen molar-refractivity contribution < 1.29 is 4.79 Å². The lowest BCUT2D eigenvalue weighted by Crippen LogP contribution is -2.41. The van der Waals surface area contributed by atoms with E-state index in [-0.39, 0.29) is 11.9 Å². The first kappa shape index (κ1) is 16.1. The largest absolute Gasteiger partial charge is 0.367 e. The summed E-state index contributed by atoms with van der Waals surface area (Å²) in [6.07, 6.45) is 6.19. The van der Waals surface area contributed by atoms with Gasteiger partial charge in [0.05, 0.1) is 17.3 Å². The zero-order chi connectivity index (χ0) is 17.4. The number of hydrogen-bond donors (Lipinski definition) is 1. The van der Waals surface area contributed by atoms with Gasteiger partial charge in [-0.25, -0.2) is 4.98 Å². The molecule has 0 bridgehead atoms. The van der Waals surface area contributed by atoms with E-state index in [9.17, 15) is 4.79 Å². The fourth-order valence-electron chi connectivity index (χ4n) is 3.58. The molecule has 4 rings (SSSR count). The zero-order valence-electron chi connectivity index (χ0n) is 14.9. The molecule has 3 heterocycles. The third kappa shape index (κ3) is 3.52. The van der Waals surface area contributed by atoms with Crippen LogP contribution in [0.3, 0.4) is 0 Å². The molecule has 1 saturated heterocycles. The minimum atomic E-state index is 0.0664. The second kappa shape index (κ2) is 6.50. The number of nitrogens with one attached hydrogen (secondary N) is 1. The molecule has 6 heteroatoms. The first-order valence-corrected chi connectivity index (χ1v) is 9.15. The van der Waals surface area contributed by atoms with Crippen molar-refractivity contribution in [3.05, 3.63) is 41.3 Å². The van der Waals surface area contributed by atoms with Crippen LogP contribution in [0.2, 0.25) is 0 Å². The number of pyridine rings is 1. The highest BCUT2D eigenvalue weighted by atomic mass is 16.2. The van der Waals surface area contributed by atoms with Crippen LogP contribution in [0.4, 0.5) is 5.82 Å². The molecule has 25 heavy (non-hydrogen) atoms. The minimum Gasteiger partial charge on any atom is -0.367 e. The van der Waals surface area contributed by atoms with Crippen molar-refractivity contribution in [3.8, 4) is 0 Å². The standard InChI is InChI=1S/C19H25N5O/c1-13-10-14(2)24(22-13)17-4-3-9-23(12-17)19(25)15-5-8-18(20-11-15)21-16-6-7-16/h5,8,10-11,16-17H,3-4,6-7,9,12H2,1-2H3,(H,20,21). The number of piperidine rings is 1. The number of aromatic nitrogens is 3. The molecule has 1 aliphatic carbocycles. The van der Waals surface area contributed by atoms with Gasteiger partial charge in [-0.1, -0.05) is 0 Å². The minimum absolute atomic E-state index is 0.0664. The van der Waals surface area contributed by atoms with E-state index in [1.54, 1.807) is 6.20 Å². The molecule has 1 N–H and O–H groups in total. The molecule has 1 atom stereocenters. The smallest absolute Gasteiger partial charge is 0.255 e. The number of amides is 1. The van der Waals surface area contributed by atoms with E-state index in [4.69, 9.17) is 0 Å². The Kier molecular flexibility index (Phi) is 4.19. The molecule has 1 aliphatic heterocycles. The molecular formula is C19H25N5O. The first-order chi connectivity index (χ1) is 12.1. The third-order valence-corrected chi connectivity index (χ3v) is 5.01. The van der Waals surface area contributed by atoms with Gasteiger partial charge in [0.1, 0.15) is 5.82 Å². The molecule has 2 aliphatic rings. The van der Waals surface area contributed by atoms with Gasteiger partial charge >= 0.3 is 0 Å². The molecule has 0 aromatic carbocycles. The molecule has 132 valence electrons. The maximum atomic E-state index is 12.8. The average Bonchev–Trinajstić information content (AvgIpc) is 3.37. The summed E-state index contributed by atoms with van der Waals surface area (Å²) < 4.78 is 2.08. The van der Waals surface area contributed by atoms with E-state index in [0.29, 0.717) is 18.2 Å². The van der Waals surface area contributed by atoms with Crippen LogP contribution >= 0.6 is 0 Å². The van der Waals surface area contributed by atoms with Crippen molar-refractivity contribution in [3.63, 3.8) is 0 Å². The monoisotopic (exact) mass is 339 g/mol. The van der Waals surface area contributed by atoms with Gasteiger partial charge in [0, 0.05) is 31.0 Å². The summed E-state index contributed by atoms with van der Waals surface area (Å²) in [6, 6.07) is 6.71. The average molecular weight is 339 g/mol. The normalized spacial score (nSPS) is 20.6. The van der Waals surface area contributed by atoms with Crippen molar-refractivity contribution >= 4 is 11.7 Å². The molecule has 2 fully saturated rings. The van der Waals surface area contributed by atoms with Gasteiger partial charge in [0.2, 0.25) is 0 Å². The van der Waals surface area contributed by atoms with Gasteiger partial charge in [-0.3, -0.25) is 9.48 Å². The highest BCUT2D eigenvalue weighted by Crippen LogP contribution is 2.25. The Morgan fingerprint density at radius 2 is 2.08 bits per heavy atom. The SMILES string of the molecule is Cc1cc(C)n(C2CCCN(C(=O)c3ccc(NC4CC4)nc3)C2)n1. The Bertz CT molecular complexity index is 763. The lowest BCUT2D eigenvalue weighted by Gasteiger charge is -2.33. The van der Waals surface area contributed by atoms with Crippen LogP contribution in [-0.4, -0.2) is 44.7 Å². The molecule has 1 amide bonds. The predicted molar refractivity (Wildman–Crippen MR) is 96.8 cm³/mol. The number of hydrogen-bond acceptors (Lipinski definition) is 4. The quantitative estimate of drug-likeness (QED) is 0.930. The molecule has 1 unspecified atom stereocenters. The van der Waals surface area contributed by atoms with Crippen molar-refractivity contribution in [1.29, 1.82) is 0 Å². The van der Waals surface area contributed by atoms with E-state index in [1.165, 1.54) is 12.8 Å². The number of anilines is 1. The van der Waals surface area contributed by atoms with Crippen LogP contribution in [0, 0.1) is 13.8 Å². The second-order valence-electron chi connectivity index (χ2n) is 7.27. The third-order valence-electron chi connectivity index (χ3n) is 5.01. The summed E-state index contributed by atoms with van der Waals surface area (Å²) in [5, 5.41) is 7.95. The van der Waals surface area contributed by atoms with Crippen LogP contribution in [0.25, 0.3) is 0 Å². The summed E-state index contributed by atoms with van der Waals surface area (Å²) in [5.74, 6) is 0.926. The molecule has 1 saturated carbocycles. The van der Waals surface area contributed by atoms with Crippen LogP contribution in [-0.2, 0) is 0 Å². The Morgan fingerprint density at radius 3 is 2.72 bits per heavy atom. The topological polar surface area (TPSA) is 63.1 Å². The van der Waals surface area contributed by atoms with Crippen LogP contribution in [0.1, 0.15) is 53.5 Å². The summed E-state index contributed by atoms with van der Waals surface area (Å²) in [5.41, 5.74) is 2.85. The van der Waals surface area contributed by atoms with Crippen molar-refractivity contribution in [2.75, 3.05) is 18.4 Å². The van der Waals surface area contributed by atoms with Gasteiger partial charge in [-0.05, 0) is 57.7 Å². The summed E-state index contributed by atoms with van der Waals surface area (Å²) in [4.78, 5) is 19.2. The fraction of sp³-hybridized carbons (Fsp3) is 0.526. The lowest BCUT2D eigenvalue weighted by molar-refractivity contribution is 0.0671. The van der Waals surface area contributed by atoms with Gasteiger partial charge in [-0.2, -0.15) is 5.10 Å². The molecule has 2 aromatic rings. The Labute approximate surface area is 148 Å². The van der Waals surface area contributed by atoms with Gasteiger partial charge in [0.15, 0.2) is 0 Å². The fourth-order valence-corrected chi connectivity index (χ4v) is 3.58. The first-order valence-electron chi connectivity index (χ1n) is 9.15. The van der Waals surface area contributed by atoms with Crippen LogP contribution in [0.5, 0.6) is 0 Å². The van der Waals surface area contributed by atoms with Crippen molar-refractivity contribution in [1.82, 2.24) is 19.7 Å². The maximum Gasteiger partial charge on any atom is 0.255 e. The number of rotatable bonds is 4.